The molecule has 0 saturated carbocycles. The average Bonchev–Trinajstić information content (AvgIpc) is 1.96. The molecule has 0 aliphatic rings. The van der Waals surface area contributed by atoms with Gasteiger partial charge < -0.3 is 10.8 Å². The molecule has 12 heavy (non-hydrogen) atoms. The van der Waals surface area contributed by atoms with E-state index < -0.39 is 0 Å². The summed E-state index contributed by atoms with van der Waals surface area (Å²) in [6, 6.07) is 5.83. The van der Waals surface area contributed by atoms with Crippen LogP contribution in [0.3, 0.4) is 0 Å². The molecule has 1 rings (SSSR count). The maximum atomic E-state index is 9.37. The zero-order valence-corrected chi connectivity index (χ0v) is 7.54. The first kappa shape index (κ1) is 9.07. The lowest BCUT2D eigenvalue weighted by molar-refractivity contribution is 0.470. The first-order valence-electron chi connectivity index (χ1n) is 4.13. The van der Waals surface area contributed by atoms with E-state index in [9.17, 15) is 5.11 Å². The summed E-state index contributed by atoms with van der Waals surface area (Å²) in [5.74, 6) is 0.355. The molecule has 0 aliphatic heterocycles. The highest BCUT2D eigenvalue weighted by molar-refractivity contribution is 5.35. The van der Waals surface area contributed by atoms with E-state index in [1.165, 1.54) is 0 Å². The number of phenolic OH excluding ortho intramolecular Hbond substituents is 1. The van der Waals surface area contributed by atoms with Crippen LogP contribution >= 0.6 is 0 Å². The summed E-state index contributed by atoms with van der Waals surface area (Å²) in [6.45, 7) is 3.84. The predicted molar refractivity (Wildman–Crippen MR) is 50.2 cm³/mol. The van der Waals surface area contributed by atoms with Gasteiger partial charge in [-0.2, -0.15) is 0 Å². The zero-order chi connectivity index (χ0) is 9.14. The molecule has 0 amide bonds. The van der Waals surface area contributed by atoms with E-state index in [2.05, 4.69) is 0 Å². The maximum Gasteiger partial charge on any atom is 0.118 e. The van der Waals surface area contributed by atoms with E-state index in [1.54, 1.807) is 6.07 Å². The first-order valence-corrected chi connectivity index (χ1v) is 4.13. The number of aryl methyl sites for hydroxylation is 1. The lowest BCUT2D eigenvalue weighted by atomic mass is 10.1. The van der Waals surface area contributed by atoms with Crippen LogP contribution in [0.5, 0.6) is 5.75 Å². The first-order chi connectivity index (χ1) is 5.59. The third-order valence-electron chi connectivity index (χ3n) is 1.83. The van der Waals surface area contributed by atoms with Crippen molar-refractivity contribution in [2.24, 2.45) is 5.73 Å². The molecule has 0 unspecified atom stereocenters. The van der Waals surface area contributed by atoms with Gasteiger partial charge in [0.05, 0.1) is 0 Å². The summed E-state index contributed by atoms with van der Waals surface area (Å²) < 4.78 is 0. The Kier molecular flexibility index (Phi) is 2.71. The third-order valence-corrected chi connectivity index (χ3v) is 1.83. The van der Waals surface area contributed by atoms with Gasteiger partial charge in [0.1, 0.15) is 5.75 Å². The molecule has 0 radical (unpaired) electrons. The quantitative estimate of drug-likeness (QED) is 0.699. The lowest BCUT2D eigenvalue weighted by Gasteiger charge is -2.06. The molecule has 1 aromatic carbocycles. The summed E-state index contributed by atoms with van der Waals surface area (Å²) in [7, 11) is 0. The normalized spacial score (nSPS) is 12.9. The van der Waals surface area contributed by atoms with E-state index in [4.69, 9.17) is 5.73 Å². The van der Waals surface area contributed by atoms with Crippen LogP contribution in [0, 0.1) is 6.92 Å². The molecule has 3 N–H and O–H groups in total. The topological polar surface area (TPSA) is 46.2 Å². The highest BCUT2D eigenvalue weighted by Crippen LogP contribution is 2.17. The summed E-state index contributed by atoms with van der Waals surface area (Å²) in [5, 5.41) is 9.37. The standard InChI is InChI=1S/C10H15NO/c1-7-3-4-9(5-8(2)11)6-10(7)12/h3-4,6,8,12H,5,11H2,1-2H3/t8-/m1/s1. The summed E-state index contributed by atoms with van der Waals surface area (Å²) in [4.78, 5) is 0. The van der Waals surface area contributed by atoms with Gasteiger partial charge in [0, 0.05) is 6.04 Å². The van der Waals surface area contributed by atoms with Gasteiger partial charge in [-0.15, -0.1) is 0 Å². The Morgan fingerprint density at radius 3 is 2.67 bits per heavy atom. The van der Waals surface area contributed by atoms with Gasteiger partial charge in [-0.1, -0.05) is 12.1 Å². The molecule has 0 fully saturated rings. The minimum atomic E-state index is 0.145. The van der Waals surface area contributed by atoms with E-state index in [0.29, 0.717) is 5.75 Å². The smallest absolute Gasteiger partial charge is 0.118 e. The Hall–Kier alpha value is -1.02. The second-order valence-electron chi connectivity index (χ2n) is 3.30. The molecule has 2 heteroatoms. The van der Waals surface area contributed by atoms with Crippen molar-refractivity contribution in [3.63, 3.8) is 0 Å². The van der Waals surface area contributed by atoms with Crippen molar-refractivity contribution in [1.82, 2.24) is 0 Å². The van der Waals surface area contributed by atoms with Gasteiger partial charge >= 0.3 is 0 Å². The minimum Gasteiger partial charge on any atom is -0.508 e. The van der Waals surface area contributed by atoms with Crippen LogP contribution in [-0.2, 0) is 6.42 Å². The number of rotatable bonds is 2. The molecule has 0 aromatic heterocycles. The average molecular weight is 165 g/mol. The van der Waals surface area contributed by atoms with Crippen LogP contribution in [0.4, 0.5) is 0 Å². The number of hydrogen-bond acceptors (Lipinski definition) is 2. The monoisotopic (exact) mass is 165 g/mol. The fraction of sp³-hybridized carbons (Fsp3) is 0.400. The molecule has 0 saturated heterocycles. The third kappa shape index (κ3) is 2.24. The summed E-state index contributed by atoms with van der Waals surface area (Å²) >= 11 is 0. The highest BCUT2D eigenvalue weighted by atomic mass is 16.3. The molecule has 0 spiro atoms. The van der Waals surface area contributed by atoms with Crippen molar-refractivity contribution in [1.29, 1.82) is 0 Å². The second-order valence-corrected chi connectivity index (χ2v) is 3.30. The molecule has 0 bridgehead atoms. The van der Waals surface area contributed by atoms with E-state index in [1.807, 2.05) is 26.0 Å². The number of phenols is 1. The van der Waals surface area contributed by atoms with Crippen molar-refractivity contribution in [2.45, 2.75) is 26.3 Å². The summed E-state index contributed by atoms with van der Waals surface area (Å²) in [5.41, 5.74) is 7.63. The molecule has 2 nitrogen and oxygen atoms in total. The SMILES string of the molecule is Cc1ccc(C[C@@H](C)N)cc1O. The zero-order valence-electron chi connectivity index (χ0n) is 7.54. The molecule has 66 valence electrons. The van der Waals surface area contributed by atoms with Gasteiger partial charge in [0.2, 0.25) is 0 Å². The predicted octanol–water partition coefficient (Wildman–Crippen LogP) is 1.59. The van der Waals surface area contributed by atoms with E-state index in [-0.39, 0.29) is 6.04 Å². The Balaban J connectivity index is 2.82. The van der Waals surface area contributed by atoms with Crippen molar-refractivity contribution in [3.8, 4) is 5.75 Å². The van der Waals surface area contributed by atoms with Crippen molar-refractivity contribution >= 4 is 0 Å². The van der Waals surface area contributed by atoms with Crippen LogP contribution in [0.1, 0.15) is 18.1 Å². The van der Waals surface area contributed by atoms with Gasteiger partial charge in [-0.25, -0.2) is 0 Å². The van der Waals surface area contributed by atoms with Crippen LogP contribution in [0.15, 0.2) is 18.2 Å². The van der Waals surface area contributed by atoms with Crippen LogP contribution in [0.2, 0.25) is 0 Å². The Labute approximate surface area is 73.0 Å². The Bertz CT molecular complexity index is 269. The molecular formula is C10H15NO. The number of hydrogen-bond donors (Lipinski definition) is 2. The Morgan fingerprint density at radius 1 is 1.50 bits per heavy atom. The van der Waals surface area contributed by atoms with Crippen LogP contribution in [-0.4, -0.2) is 11.1 Å². The van der Waals surface area contributed by atoms with Gasteiger partial charge in [0.15, 0.2) is 0 Å². The summed E-state index contributed by atoms with van der Waals surface area (Å²) in [6.07, 6.45) is 0.813. The highest BCUT2D eigenvalue weighted by Gasteiger charge is 2.00. The maximum absolute atomic E-state index is 9.37. The fourth-order valence-corrected chi connectivity index (χ4v) is 1.15. The largest absolute Gasteiger partial charge is 0.508 e. The van der Waals surface area contributed by atoms with Gasteiger partial charge in [-0.3, -0.25) is 0 Å². The van der Waals surface area contributed by atoms with E-state index >= 15 is 0 Å². The van der Waals surface area contributed by atoms with Gasteiger partial charge in [-0.05, 0) is 37.5 Å². The fourth-order valence-electron chi connectivity index (χ4n) is 1.15. The Morgan fingerprint density at radius 2 is 2.17 bits per heavy atom. The molecule has 1 atom stereocenters. The molecule has 0 aliphatic carbocycles. The van der Waals surface area contributed by atoms with Gasteiger partial charge in [0.25, 0.3) is 0 Å². The lowest BCUT2D eigenvalue weighted by Crippen LogP contribution is -2.17. The van der Waals surface area contributed by atoms with E-state index in [0.717, 1.165) is 17.5 Å². The minimum absolute atomic E-state index is 0.145. The van der Waals surface area contributed by atoms with Crippen LogP contribution in [0.25, 0.3) is 0 Å². The number of benzene rings is 1. The molecule has 0 heterocycles. The van der Waals surface area contributed by atoms with Crippen molar-refractivity contribution < 1.29 is 5.11 Å². The molecular weight excluding hydrogens is 150 g/mol. The molecule has 1 aromatic rings. The number of aromatic hydroxyl groups is 1. The van der Waals surface area contributed by atoms with Crippen molar-refractivity contribution in [3.05, 3.63) is 29.3 Å². The van der Waals surface area contributed by atoms with Crippen molar-refractivity contribution in [2.75, 3.05) is 0 Å². The van der Waals surface area contributed by atoms with Crippen LogP contribution < -0.4 is 5.73 Å². The number of nitrogens with two attached hydrogens (primary N) is 1. The second kappa shape index (κ2) is 3.59.